The number of thiophene rings is 1. The summed E-state index contributed by atoms with van der Waals surface area (Å²) in [6.07, 6.45) is 1.85. The van der Waals surface area contributed by atoms with Crippen molar-refractivity contribution in [1.82, 2.24) is 9.55 Å². The number of anilines is 1. The van der Waals surface area contributed by atoms with Gasteiger partial charge in [-0.25, -0.2) is 0 Å². The number of amidine groups is 2. The maximum absolute atomic E-state index is 9.22. The average molecular weight is 572 g/mol. The van der Waals surface area contributed by atoms with Gasteiger partial charge in [-0.3, -0.25) is 20.7 Å². The minimum atomic E-state index is 0.238. The van der Waals surface area contributed by atoms with Crippen LogP contribution in [0.2, 0.25) is 0 Å². The highest BCUT2D eigenvalue weighted by molar-refractivity contribution is 7.25. The highest BCUT2D eigenvalue weighted by Crippen LogP contribution is 2.40. The van der Waals surface area contributed by atoms with Gasteiger partial charge >= 0.3 is 0 Å². The standard InChI is InChI=1S/C37H25N5S/c38-36(24-10-3-1-4-11-24)42(26-12-5-2-6-13-26)37(39)25-17-19-27(20-18-25)41-31-15-9-21-40-35(31)30-22-29-28-14-7-8-16-33(28)43-34(29)23-32(30)41/h1-23,38-39H. The van der Waals surface area contributed by atoms with E-state index in [2.05, 4.69) is 59.2 Å². The molecular weight excluding hydrogens is 547 g/mol. The molecule has 0 unspecified atom stereocenters. The van der Waals surface area contributed by atoms with Crippen molar-refractivity contribution in [2.24, 2.45) is 0 Å². The minimum Gasteiger partial charge on any atom is -0.308 e. The lowest BCUT2D eigenvalue weighted by Crippen LogP contribution is -2.37. The molecular formula is C37H25N5S. The van der Waals surface area contributed by atoms with Gasteiger partial charge in [-0.1, -0.05) is 66.7 Å². The van der Waals surface area contributed by atoms with Crippen LogP contribution in [0.15, 0.2) is 140 Å². The van der Waals surface area contributed by atoms with E-state index < -0.39 is 0 Å². The summed E-state index contributed by atoms with van der Waals surface area (Å²) in [7, 11) is 0. The Morgan fingerprint density at radius 2 is 1.26 bits per heavy atom. The van der Waals surface area contributed by atoms with E-state index in [0.29, 0.717) is 0 Å². The molecule has 0 atom stereocenters. The van der Waals surface area contributed by atoms with Crippen LogP contribution in [0.4, 0.5) is 5.69 Å². The Bertz CT molecular complexity index is 2320. The zero-order chi connectivity index (χ0) is 28.9. The Labute approximate surface area is 251 Å². The lowest BCUT2D eigenvalue weighted by Gasteiger charge is -2.26. The molecule has 3 aromatic heterocycles. The third kappa shape index (κ3) is 4.11. The van der Waals surface area contributed by atoms with E-state index in [0.717, 1.165) is 44.4 Å². The van der Waals surface area contributed by atoms with Crippen molar-refractivity contribution >= 4 is 70.8 Å². The summed E-state index contributed by atoms with van der Waals surface area (Å²) >= 11 is 1.81. The molecule has 0 saturated carbocycles. The van der Waals surface area contributed by atoms with Gasteiger partial charge in [0.15, 0.2) is 0 Å². The fraction of sp³-hybridized carbons (Fsp3) is 0. The second kappa shape index (κ2) is 10.0. The van der Waals surface area contributed by atoms with Gasteiger partial charge in [0.25, 0.3) is 0 Å². The number of aromatic nitrogens is 2. The first-order valence-corrected chi connectivity index (χ1v) is 14.9. The van der Waals surface area contributed by atoms with E-state index >= 15 is 0 Å². The number of rotatable bonds is 4. The molecule has 8 aromatic rings. The van der Waals surface area contributed by atoms with Crippen molar-refractivity contribution in [3.05, 3.63) is 151 Å². The van der Waals surface area contributed by atoms with E-state index in [4.69, 9.17) is 10.4 Å². The first-order chi connectivity index (χ1) is 21.2. The van der Waals surface area contributed by atoms with E-state index in [1.807, 2.05) is 96.4 Å². The fourth-order valence-electron chi connectivity index (χ4n) is 5.90. The Kier molecular flexibility index (Phi) is 5.88. The molecule has 5 nitrogen and oxygen atoms in total. The molecule has 5 aromatic carbocycles. The Morgan fingerprint density at radius 3 is 2.02 bits per heavy atom. The van der Waals surface area contributed by atoms with Gasteiger partial charge in [0.2, 0.25) is 0 Å². The van der Waals surface area contributed by atoms with Crippen LogP contribution in [0.1, 0.15) is 11.1 Å². The van der Waals surface area contributed by atoms with Crippen molar-refractivity contribution < 1.29 is 0 Å². The second-order valence-electron chi connectivity index (χ2n) is 10.5. The summed E-state index contributed by atoms with van der Waals surface area (Å²) < 4.78 is 4.78. The van der Waals surface area contributed by atoms with Crippen molar-refractivity contribution in [1.29, 1.82) is 10.8 Å². The van der Waals surface area contributed by atoms with Crippen LogP contribution >= 0.6 is 11.3 Å². The third-order valence-corrected chi connectivity index (χ3v) is 9.06. The van der Waals surface area contributed by atoms with Crippen LogP contribution in [0.3, 0.4) is 0 Å². The molecule has 43 heavy (non-hydrogen) atoms. The van der Waals surface area contributed by atoms with Crippen LogP contribution < -0.4 is 4.90 Å². The van der Waals surface area contributed by atoms with Gasteiger partial charge in [0.1, 0.15) is 11.7 Å². The highest BCUT2D eigenvalue weighted by Gasteiger charge is 2.21. The maximum Gasteiger partial charge on any atom is 0.138 e. The Morgan fingerprint density at radius 1 is 0.581 bits per heavy atom. The molecule has 204 valence electrons. The zero-order valence-electron chi connectivity index (χ0n) is 23.0. The van der Waals surface area contributed by atoms with E-state index in [1.54, 1.807) is 4.90 Å². The molecule has 0 aliphatic rings. The topological polar surface area (TPSA) is 68.8 Å². The maximum atomic E-state index is 9.22. The van der Waals surface area contributed by atoms with Gasteiger partial charge in [-0.05, 0) is 66.7 Å². The van der Waals surface area contributed by atoms with Crippen LogP contribution in [0.5, 0.6) is 0 Å². The van der Waals surface area contributed by atoms with Gasteiger partial charge in [0, 0.05) is 54.3 Å². The number of pyridine rings is 1. The van der Waals surface area contributed by atoms with Gasteiger partial charge < -0.3 is 4.57 Å². The minimum absolute atomic E-state index is 0.238. The molecule has 2 N–H and O–H groups in total. The smallest absolute Gasteiger partial charge is 0.138 e. The largest absolute Gasteiger partial charge is 0.308 e. The van der Waals surface area contributed by atoms with Gasteiger partial charge in [-0.2, -0.15) is 0 Å². The number of para-hydroxylation sites is 1. The monoisotopic (exact) mass is 571 g/mol. The number of fused-ring (bicyclic) bond motifs is 6. The molecule has 0 aliphatic carbocycles. The summed E-state index contributed by atoms with van der Waals surface area (Å²) in [5, 5.41) is 21.9. The van der Waals surface area contributed by atoms with Crippen molar-refractivity contribution in [2.75, 3.05) is 4.90 Å². The first kappa shape index (κ1) is 25.1. The number of nitrogens with zero attached hydrogens (tertiary/aromatic N) is 3. The number of benzene rings is 5. The summed E-state index contributed by atoms with van der Waals surface area (Å²) in [5.74, 6) is 0.490. The molecule has 3 heterocycles. The molecule has 0 fully saturated rings. The SMILES string of the molecule is N=C(c1ccccc1)N(C(=N)c1ccc(-n2c3cc4sc5ccccc5c4cc3c3ncccc32)cc1)c1ccccc1. The van der Waals surface area contributed by atoms with Crippen LogP contribution in [-0.2, 0) is 0 Å². The molecule has 0 radical (unpaired) electrons. The zero-order valence-corrected chi connectivity index (χ0v) is 23.8. The highest BCUT2D eigenvalue weighted by atomic mass is 32.1. The first-order valence-electron chi connectivity index (χ1n) is 14.1. The predicted octanol–water partition coefficient (Wildman–Crippen LogP) is 9.40. The Hall–Kier alpha value is -5.59. The molecule has 0 bridgehead atoms. The average Bonchev–Trinajstić information content (AvgIpc) is 3.59. The summed E-state index contributed by atoms with van der Waals surface area (Å²) in [6, 6.07) is 44.5. The summed E-state index contributed by atoms with van der Waals surface area (Å²) in [6.45, 7) is 0. The van der Waals surface area contributed by atoms with Gasteiger partial charge in [-0.15, -0.1) is 11.3 Å². The second-order valence-corrected chi connectivity index (χ2v) is 11.5. The lowest BCUT2D eigenvalue weighted by atomic mass is 10.1. The van der Waals surface area contributed by atoms with Crippen molar-refractivity contribution in [3.8, 4) is 5.69 Å². The predicted molar refractivity (Wildman–Crippen MR) is 180 cm³/mol. The molecule has 0 saturated heterocycles. The quantitative estimate of drug-likeness (QED) is 0.163. The molecule has 8 rings (SSSR count). The molecule has 0 spiro atoms. The number of hydrogen-bond acceptors (Lipinski definition) is 4. The van der Waals surface area contributed by atoms with Crippen LogP contribution in [0, 0.1) is 10.8 Å². The van der Waals surface area contributed by atoms with Gasteiger partial charge in [0.05, 0.1) is 16.6 Å². The lowest BCUT2D eigenvalue weighted by molar-refractivity contribution is 1.17. The van der Waals surface area contributed by atoms with Crippen LogP contribution in [0.25, 0.3) is 47.8 Å². The van der Waals surface area contributed by atoms with E-state index in [9.17, 15) is 5.41 Å². The third-order valence-electron chi connectivity index (χ3n) is 7.93. The number of nitrogens with one attached hydrogen (secondary N) is 2. The molecule has 6 heteroatoms. The van der Waals surface area contributed by atoms with E-state index in [1.165, 1.54) is 20.2 Å². The molecule has 0 aliphatic heterocycles. The normalized spacial score (nSPS) is 11.4. The Balaban J connectivity index is 1.24. The fourth-order valence-corrected chi connectivity index (χ4v) is 7.02. The van der Waals surface area contributed by atoms with E-state index in [-0.39, 0.29) is 11.7 Å². The van der Waals surface area contributed by atoms with Crippen LogP contribution in [-0.4, -0.2) is 21.2 Å². The van der Waals surface area contributed by atoms with Crippen molar-refractivity contribution in [2.45, 2.75) is 0 Å². The van der Waals surface area contributed by atoms with Crippen molar-refractivity contribution in [3.63, 3.8) is 0 Å². The summed E-state index contributed by atoms with van der Waals surface area (Å²) in [5.41, 5.74) is 6.35. The molecule has 0 amide bonds. The number of hydrogen-bond donors (Lipinski definition) is 2. The summed E-state index contributed by atoms with van der Waals surface area (Å²) in [4.78, 5) is 6.48.